The highest BCUT2D eigenvalue weighted by molar-refractivity contribution is 7.44. The molecular weight excluding hydrogens is 876 g/mol. The van der Waals surface area contributed by atoms with Gasteiger partial charge in [0.15, 0.2) is 0 Å². The molecule has 2 unspecified atom stereocenters. The predicted octanol–water partition coefficient (Wildman–Crippen LogP) is 9.75. The van der Waals surface area contributed by atoms with E-state index in [2.05, 4.69) is 85.0 Å². The minimum atomic E-state index is -2.42. The lowest BCUT2D eigenvalue weighted by atomic mass is 9.80. The first-order valence-corrected chi connectivity index (χ1v) is 26.2. The largest absolute Gasteiger partial charge is 0.497 e. The molecule has 4 atom stereocenters. The van der Waals surface area contributed by atoms with Crippen molar-refractivity contribution in [2.45, 2.75) is 135 Å². The molecule has 66 heavy (non-hydrogen) atoms. The summed E-state index contributed by atoms with van der Waals surface area (Å²) >= 11 is 0. The highest BCUT2D eigenvalue weighted by atomic mass is 31.2. The van der Waals surface area contributed by atoms with E-state index in [-0.39, 0.29) is 67.3 Å². The van der Waals surface area contributed by atoms with Gasteiger partial charge in [-0.25, -0.2) is 9.46 Å². The third kappa shape index (κ3) is 11.0. The van der Waals surface area contributed by atoms with Crippen LogP contribution >= 0.6 is 8.53 Å². The van der Waals surface area contributed by atoms with Crippen LogP contribution < -0.4 is 20.7 Å². The number of aromatic nitrogens is 2. The molecule has 14 nitrogen and oxygen atoms in total. The third-order valence-electron chi connectivity index (χ3n) is 12.6. The molecule has 2 heterocycles. The molecule has 360 valence electrons. The summed E-state index contributed by atoms with van der Waals surface area (Å²) in [6, 6.07) is 27.2. The normalized spacial score (nSPS) is 18.5. The molecular formula is C50H71N4O10PSi. The Morgan fingerprint density at radius 2 is 1.38 bits per heavy atom. The number of hydrogen-bond acceptors (Lipinski definition) is 12. The maximum atomic E-state index is 14.5. The van der Waals surface area contributed by atoms with Gasteiger partial charge in [-0.3, -0.25) is 14.3 Å². The summed E-state index contributed by atoms with van der Waals surface area (Å²) in [5.41, 5.74) is -1.01. The molecule has 1 fully saturated rings. The van der Waals surface area contributed by atoms with Gasteiger partial charge < -0.3 is 37.2 Å². The van der Waals surface area contributed by atoms with Crippen molar-refractivity contribution in [2.75, 3.05) is 40.8 Å². The molecule has 0 bridgehead atoms. The summed E-state index contributed by atoms with van der Waals surface area (Å²) in [6.07, 6.45) is -0.347. The molecule has 0 radical (unpaired) electrons. The Bertz CT molecular complexity index is 2220. The van der Waals surface area contributed by atoms with Gasteiger partial charge in [0, 0.05) is 23.8 Å². The van der Waals surface area contributed by atoms with E-state index in [0.717, 1.165) is 16.7 Å². The van der Waals surface area contributed by atoms with E-state index in [9.17, 15) is 14.9 Å². The Morgan fingerprint density at radius 3 is 1.86 bits per heavy atom. The molecule has 4 aromatic rings. The van der Waals surface area contributed by atoms with Gasteiger partial charge in [0.1, 0.15) is 42.7 Å². The number of nitriles is 1. The molecule has 0 spiro atoms. The molecule has 3 aromatic carbocycles. The number of aryl methyl sites for hydroxylation is 1. The first kappa shape index (κ1) is 52.8. The van der Waals surface area contributed by atoms with Crippen LogP contribution in [0.15, 0.2) is 94.6 Å². The molecule has 1 aromatic heterocycles. The van der Waals surface area contributed by atoms with E-state index in [1.165, 1.54) is 10.8 Å². The van der Waals surface area contributed by atoms with E-state index in [1.807, 2.05) is 78.9 Å². The van der Waals surface area contributed by atoms with Crippen molar-refractivity contribution < 1.29 is 37.2 Å². The maximum Gasteiger partial charge on any atom is 0.330 e. The minimum Gasteiger partial charge on any atom is -0.497 e. The number of benzene rings is 3. The highest BCUT2D eigenvalue weighted by Gasteiger charge is 2.58. The zero-order chi connectivity index (χ0) is 48.4. The summed E-state index contributed by atoms with van der Waals surface area (Å²) in [7, 11) is -1.14. The van der Waals surface area contributed by atoms with E-state index < -0.39 is 51.6 Å². The van der Waals surface area contributed by atoms with Crippen molar-refractivity contribution in [2.24, 2.45) is 0 Å². The number of nitrogens with one attached hydrogen (secondary N) is 1. The quantitative estimate of drug-likeness (QED) is 0.0234. The zero-order valence-electron chi connectivity index (χ0n) is 41.0. The maximum absolute atomic E-state index is 14.5. The fourth-order valence-electron chi connectivity index (χ4n) is 9.62. The van der Waals surface area contributed by atoms with Crippen molar-refractivity contribution in [3.63, 3.8) is 0 Å². The average Bonchev–Trinajstić information content (AvgIpc) is 3.63. The van der Waals surface area contributed by atoms with Gasteiger partial charge in [0.2, 0.25) is 14.0 Å². The standard InChI is InChI=1S/C50H71N4O10PSi/c1-34(2)54(35(3)4)65(62-29-17-28-51)64-46-45(59-33-63-66(36(5)6,37(7)8)38(9)10)31-60-49(46,53-30-39(11)47(55)52-48(53)56)32-61-50(40-18-15-14-16-19-40,41-20-24-43(57-12)25-21-41)42-22-26-44(58-13)27-23-42/h14-16,18-27,30,34-38,45-46H,17,29,31-33H2,1-13H3,(H,52,55,56)/t45-,46?,49-,65?/m0/s1. The van der Waals surface area contributed by atoms with Crippen molar-refractivity contribution in [1.29, 1.82) is 5.26 Å². The van der Waals surface area contributed by atoms with Gasteiger partial charge >= 0.3 is 5.69 Å². The lowest BCUT2D eigenvalue weighted by Crippen LogP contribution is -2.57. The Balaban J connectivity index is 1.79. The summed E-state index contributed by atoms with van der Waals surface area (Å²) < 4.78 is 56.9. The fraction of sp³-hybridized carbons (Fsp3) is 0.540. The van der Waals surface area contributed by atoms with E-state index in [1.54, 1.807) is 21.1 Å². The lowest BCUT2D eigenvalue weighted by Gasteiger charge is -2.44. The third-order valence-corrected chi connectivity index (χ3v) is 20.8. The second-order valence-electron chi connectivity index (χ2n) is 18.2. The molecule has 0 aliphatic carbocycles. The molecule has 16 heteroatoms. The summed E-state index contributed by atoms with van der Waals surface area (Å²) in [5.74, 6) is 1.31. The van der Waals surface area contributed by atoms with Crippen molar-refractivity contribution in [3.05, 3.63) is 128 Å². The number of methoxy groups -OCH3 is 2. The smallest absolute Gasteiger partial charge is 0.330 e. The Morgan fingerprint density at radius 1 is 0.848 bits per heavy atom. The van der Waals surface area contributed by atoms with Gasteiger partial charge in [-0.05, 0) is 92.2 Å². The van der Waals surface area contributed by atoms with Gasteiger partial charge in [-0.15, -0.1) is 0 Å². The van der Waals surface area contributed by atoms with Crippen molar-refractivity contribution >= 4 is 16.8 Å². The number of hydrogen-bond donors (Lipinski definition) is 1. The van der Waals surface area contributed by atoms with Crippen LogP contribution in [0.3, 0.4) is 0 Å². The van der Waals surface area contributed by atoms with Crippen molar-refractivity contribution in [3.8, 4) is 17.6 Å². The van der Waals surface area contributed by atoms with Gasteiger partial charge in [-0.1, -0.05) is 96.1 Å². The number of rotatable bonds is 24. The van der Waals surface area contributed by atoms with Crippen LogP contribution in [0.2, 0.25) is 16.6 Å². The summed E-state index contributed by atoms with van der Waals surface area (Å²) in [6.45, 7) is 22.8. The van der Waals surface area contributed by atoms with Gasteiger partial charge in [-0.2, -0.15) is 5.26 Å². The Labute approximate surface area is 393 Å². The first-order chi connectivity index (χ1) is 31.4. The highest BCUT2D eigenvalue weighted by Crippen LogP contribution is 2.53. The predicted molar refractivity (Wildman–Crippen MR) is 260 cm³/mol. The molecule has 1 saturated heterocycles. The molecule has 1 aliphatic heterocycles. The second-order valence-corrected chi connectivity index (χ2v) is 25.1. The molecule has 0 saturated carbocycles. The minimum absolute atomic E-state index is 0.0459. The monoisotopic (exact) mass is 946 g/mol. The van der Waals surface area contributed by atoms with Crippen LogP contribution in [-0.4, -0.2) is 87.7 Å². The van der Waals surface area contributed by atoms with E-state index in [4.69, 9.17) is 37.2 Å². The van der Waals surface area contributed by atoms with Crippen LogP contribution in [0.1, 0.15) is 97.9 Å². The van der Waals surface area contributed by atoms with E-state index in [0.29, 0.717) is 11.5 Å². The average molecular weight is 947 g/mol. The molecule has 1 N–H and O–H groups in total. The fourth-order valence-corrected chi connectivity index (χ4v) is 16.7. The zero-order valence-corrected chi connectivity index (χ0v) is 42.9. The molecule has 5 rings (SSSR count). The van der Waals surface area contributed by atoms with Gasteiger partial charge in [0.25, 0.3) is 14.1 Å². The number of aromatic amines is 1. The Kier molecular flexibility index (Phi) is 18.5. The summed E-state index contributed by atoms with van der Waals surface area (Å²) in [4.78, 5) is 30.1. The van der Waals surface area contributed by atoms with Gasteiger partial charge in [0.05, 0.1) is 39.9 Å². The van der Waals surface area contributed by atoms with Crippen LogP contribution in [-0.2, 0) is 39.0 Å². The number of nitrogens with zero attached hydrogens (tertiary/aromatic N) is 3. The summed E-state index contributed by atoms with van der Waals surface area (Å²) in [5, 5.41) is 9.61. The first-order valence-electron chi connectivity index (χ1n) is 22.9. The number of ether oxygens (including phenoxy) is 5. The molecule has 0 amide bonds. The Hall–Kier alpha value is -4.20. The van der Waals surface area contributed by atoms with E-state index >= 15 is 0 Å². The lowest BCUT2D eigenvalue weighted by molar-refractivity contribution is -0.184. The van der Waals surface area contributed by atoms with Crippen LogP contribution in [0.25, 0.3) is 0 Å². The van der Waals surface area contributed by atoms with Crippen LogP contribution in [0.5, 0.6) is 11.5 Å². The SMILES string of the molecule is COc1ccc(C(OC[C@]2(n3cc(C)c(=O)[nH]c3=O)OC[C@H](OCO[Si](C(C)C)(C(C)C)C(C)C)C2OP(OCCC#N)N(C(C)C)C(C)C)(c2ccccc2)c2ccc(OC)cc2)cc1. The topological polar surface area (TPSA) is 156 Å². The van der Waals surface area contributed by atoms with Crippen molar-refractivity contribution in [1.82, 2.24) is 14.2 Å². The second kappa shape index (κ2) is 23.2. The number of H-pyrrole nitrogens is 1. The molecule has 1 aliphatic rings. The van der Waals surface area contributed by atoms with Crippen LogP contribution in [0, 0.1) is 18.3 Å². The van der Waals surface area contributed by atoms with Crippen LogP contribution in [0.4, 0.5) is 0 Å².